The standard InChI is InChI=1S/C8H11N3O2/c9-7(1-2-8(12)13)6-3-10-5-11-4-6/h3-5,7H,1-2,9H2,(H,12,13)/t7-/m1/s1. The van der Waals surface area contributed by atoms with Gasteiger partial charge in [0.15, 0.2) is 0 Å². The molecular formula is C8H11N3O2. The fourth-order valence-electron chi connectivity index (χ4n) is 0.948. The summed E-state index contributed by atoms with van der Waals surface area (Å²) in [6.07, 6.45) is 5.07. The fraction of sp³-hybridized carbons (Fsp3) is 0.375. The largest absolute Gasteiger partial charge is 0.481 e. The van der Waals surface area contributed by atoms with Crippen LogP contribution in [0.25, 0.3) is 0 Å². The van der Waals surface area contributed by atoms with E-state index in [0.29, 0.717) is 6.42 Å². The maximum atomic E-state index is 10.2. The van der Waals surface area contributed by atoms with Gasteiger partial charge in [0, 0.05) is 30.4 Å². The molecule has 0 aromatic carbocycles. The van der Waals surface area contributed by atoms with E-state index < -0.39 is 5.97 Å². The van der Waals surface area contributed by atoms with Crippen LogP contribution in [0.3, 0.4) is 0 Å². The van der Waals surface area contributed by atoms with Gasteiger partial charge in [-0.05, 0) is 6.42 Å². The Hall–Kier alpha value is -1.49. The van der Waals surface area contributed by atoms with E-state index >= 15 is 0 Å². The molecule has 13 heavy (non-hydrogen) atoms. The summed E-state index contributed by atoms with van der Waals surface area (Å²) in [7, 11) is 0. The van der Waals surface area contributed by atoms with Crippen molar-refractivity contribution in [2.75, 3.05) is 0 Å². The highest BCUT2D eigenvalue weighted by molar-refractivity contribution is 5.66. The third-order valence-corrected chi connectivity index (χ3v) is 1.68. The van der Waals surface area contributed by atoms with Gasteiger partial charge in [-0.2, -0.15) is 0 Å². The number of nitrogens with zero attached hydrogens (tertiary/aromatic N) is 2. The third-order valence-electron chi connectivity index (χ3n) is 1.68. The van der Waals surface area contributed by atoms with Gasteiger partial charge >= 0.3 is 5.97 Å². The Morgan fingerprint density at radius 1 is 1.54 bits per heavy atom. The topological polar surface area (TPSA) is 89.1 Å². The first kappa shape index (κ1) is 9.60. The zero-order chi connectivity index (χ0) is 9.68. The van der Waals surface area contributed by atoms with Crippen molar-refractivity contribution in [3.8, 4) is 0 Å². The van der Waals surface area contributed by atoms with Crippen molar-refractivity contribution in [2.45, 2.75) is 18.9 Å². The van der Waals surface area contributed by atoms with Crippen molar-refractivity contribution in [1.82, 2.24) is 9.97 Å². The van der Waals surface area contributed by atoms with Gasteiger partial charge in [-0.15, -0.1) is 0 Å². The number of carboxylic acid groups (broad SMARTS) is 1. The molecule has 0 amide bonds. The maximum absolute atomic E-state index is 10.2. The van der Waals surface area contributed by atoms with Crippen LogP contribution in [0.2, 0.25) is 0 Å². The Bertz CT molecular complexity index is 276. The average molecular weight is 181 g/mol. The minimum Gasteiger partial charge on any atom is -0.481 e. The van der Waals surface area contributed by atoms with Gasteiger partial charge < -0.3 is 10.8 Å². The summed E-state index contributed by atoms with van der Waals surface area (Å²) in [6.45, 7) is 0. The van der Waals surface area contributed by atoms with E-state index in [1.807, 2.05) is 0 Å². The number of carboxylic acids is 1. The fourth-order valence-corrected chi connectivity index (χ4v) is 0.948. The Kier molecular flexibility index (Phi) is 3.33. The molecule has 0 aliphatic carbocycles. The van der Waals surface area contributed by atoms with Gasteiger partial charge in [0.25, 0.3) is 0 Å². The summed E-state index contributed by atoms with van der Waals surface area (Å²) < 4.78 is 0. The van der Waals surface area contributed by atoms with Crippen LogP contribution in [0.1, 0.15) is 24.4 Å². The van der Waals surface area contributed by atoms with E-state index in [4.69, 9.17) is 10.8 Å². The molecule has 3 N–H and O–H groups in total. The van der Waals surface area contributed by atoms with E-state index in [-0.39, 0.29) is 12.5 Å². The first-order chi connectivity index (χ1) is 6.20. The molecule has 0 aliphatic heterocycles. The molecule has 0 saturated heterocycles. The molecule has 70 valence electrons. The first-order valence-electron chi connectivity index (χ1n) is 3.92. The van der Waals surface area contributed by atoms with Crippen LogP contribution in [0.5, 0.6) is 0 Å². The lowest BCUT2D eigenvalue weighted by molar-refractivity contribution is -0.137. The third kappa shape index (κ3) is 3.16. The molecule has 1 heterocycles. The molecule has 1 atom stereocenters. The summed E-state index contributed by atoms with van der Waals surface area (Å²) in [5, 5.41) is 8.42. The van der Waals surface area contributed by atoms with Crippen LogP contribution >= 0.6 is 0 Å². The molecule has 0 bridgehead atoms. The quantitative estimate of drug-likeness (QED) is 0.699. The van der Waals surface area contributed by atoms with E-state index in [2.05, 4.69) is 9.97 Å². The van der Waals surface area contributed by atoms with E-state index in [1.54, 1.807) is 12.4 Å². The van der Waals surface area contributed by atoms with Crippen LogP contribution in [-0.2, 0) is 4.79 Å². The van der Waals surface area contributed by atoms with Crippen LogP contribution in [0.4, 0.5) is 0 Å². The smallest absolute Gasteiger partial charge is 0.303 e. The van der Waals surface area contributed by atoms with Crippen molar-refractivity contribution < 1.29 is 9.90 Å². The van der Waals surface area contributed by atoms with E-state index in [1.165, 1.54) is 6.33 Å². The summed E-state index contributed by atoms with van der Waals surface area (Å²) in [4.78, 5) is 17.8. The molecule has 0 fully saturated rings. The molecule has 0 spiro atoms. The highest BCUT2D eigenvalue weighted by Crippen LogP contribution is 2.12. The second-order valence-corrected chi connectivity index (χ2v) is 2.71. The van der Waals surface area contributed by atoms with Crippen LogP contribution in [-0.4, -0.2) is 21.0 Å². The average Bonchev–Trinajstić information content (AvgIpc) is 2.15. The number of rotatable bonds is 4. The summed E-state index contributed by atoms with van der Waals surface area (Å²) >= 11 is 0. The predicted molar refractivity (Wildman–Crippen MR) is 45.8 cm³/mol. The lowest BCUT2D eigenvalue weighted by Crippen LogP contribution is -2.12. The number of hydrogen-bond donors (Lipinski definition) is 2. The van der Waals surface area contributed by atoms with Crippen molar-refractivity contribution >= 4 is 5.97 Å². The zero-order valence-electron chi connectivity index (χ0n) is 7.05. The Labute approximate surface area is 75.6 Å². The number of hydrogen-bond acceptors (Lipinski definition) is 4. The Balaban J connectivity index is 2.49. The SMILES string of the molecule is N[C@H](CCC(=O)O)c1cncnc1. The van der Waals surface area contributed by atoms with Crippen LogP contribution in [0, 0.1) is 0 Å². The molecule has 0 unspecified atom stereocenters. The molecule has 5 heteroatoms. The van der Waals surface area contributed by atoms with Crippen molar-refractivity contribution in [1.29, 1.82) is 0 Å². The van der Waals surface area contributed by atoms with Crippen LogP contribution < -0.4 is 5.73 Å². The summed E-state index contributed by atoms with van der Waals surface area (Å²) in [6, 6.07) is -0.294. The normalized spacial score (nSPS) is 12.4. The molecule has 0 radical (unpaired) electrons. The van der Waals surface area contributed by atoms with Gasteiger partial charge in [0.1, 0.15) is 6.33 Å². The molecule has 0 saturated carbocycles. The first-order valence-corrected chi connectivity index (χ1v) is 3.92. The van der Waals surface area contributed by atoms with E-state index in [9.17, 15) is 4.79 Å². The highest BCUT2D eigenvalue weighted by Gasteiger charge is 2.08. The molecule has 1 rings (SSSR count). The monoisotopic (exact) mass is 181 g/mol. The van der Waals surface area contributed by atoms with Gasteiger partial charge in [-0.3, -0.25) is 4.79 Å². The minimum atomic E-state index is -0.840. The number of aromatic nitrogens is 2. The number of nitrogens with two attached hydrogens (primary N) is 1. The second-order valence-electron chi connectivity index (χ2n) is 2.71. The van der Waals surface area contributed by atoms with Crippen LogP contribution in [0.15, 0.2) is 18.7 Å². The number of aliphatic carboxylic acids is 1. The molecular weight excluding hydrogens is 170 g/mol. The minimum absolute atomic E-state index is 0.0655. The summed E-state index contributed by atoms with van der Waals surface area (Å²) in [5.41, 5.74) is 6.47. The maximum Gasteiger partial charge on any atom is 0.303 e. The lowest BCUT2D eigenvalue weighted by atomic mass is 10.1. The van der Waals surface area contributed by atoms with Crippen molar-refractivity contribution in [3.05, 3.63) is 24.3 Å². The second kappa shape index (κ2) is 4.51. The summed E-state index contributed by atoms with van der Waals surface area (Å²) in [5.74, 6) is -0.840. The predicted octanol–water partition coefficient (Wildman–Crippen LogP) is 0.341. The van der Waals surface area contributed by atoms with Crippen molar-refractivity contribution in [3.63, 3.8) is 0 Å². The van der Waals surface area contributed by atoms with E-state index in [0.717, 1.165) is 5.56 Å². The zero-order valence-corrected chi connectivity index (χ0v) is 7.05. The van der Waals surface area contributed by atoms with Gasteiger partial charge in [0.05, 0.1) is 0 Å². The molecule has 1 aromatic rings. The Morgan fingerprint density at radius 3 is 2.69 bits per heavy atom. The van der Waals surface area contributed by atoms with Gasteiger partial charge in [0.2, 0.25) is 0 Å². The lowest BCUT2D eigenvalue weighted by Gasteiger charge is -2.08. The Morgan fingerprint density at radius 2 is 2.15 bits per heavy atom. The molecule has 1 aromatic heterocycles. The van der Waals surface area contributed by atoms with Gasteiger partial charge in [-0.25, -0.2) is 9.97 Å². The highest BCUT2D eigenvalue weighted by atomic mass is 16.4. The molecule has 0 aliphatic rings. The number of carbonyl (C=O) groups is 1. The van der Waals surface area contributed by atoms with Gasteiger partial charge in [-0.1, -0.05) is 0 Å². The van der Waals surface area contributed by atoms with Crippen molar-refractivity contribution in [2.24, 2.45) is 5.73 Å². The molecule has 5 nitrogen and oxygen atoms in total.